The van der Waals surface area contributed by atoms with Crippen LogP contribution in [0, 0.1) is 11.7 Å². The molecule has 1 atom stereocenters. The highest BCUT2D eigenvalue weighted by molar-refractivity contribution is 5.80. The summed E-state index contributed by atoms with van der Waals surface area (Å²) in [6.07, 6.45) is 3.15. The Kier molecular flexibility index (Phi) is 6.48. The highest BCUT2D eigenvalue weighted by atomic mass is 19.1. The van der Waals surface area contributed by atoms with Crippen molar-refractivity contribution in [3.63, 3.8) is 0 Å². The molecule has 0 aromatic heterocycles. The fourth-order valence-corrected chi connectivity index (χ4v) is 3.72. The first-order valence-electron chi connectivity index (χ1n) is 9.46. The van der Waals surface area contributed by atoms with E-state index in [-0.39, 0.29) is 11.2 Å². The van der Waals surface area contributed by atoms with Crippen LogP contribution in [-0.4, -0.2) is 64.5 Å². The van der Waals surface area contributed by atoms with Gasteiger partial charge in [-0.2, -0.15) is 0 Å². The number of guanidine groups is 1. The van der Waals surface area contributed by atoms with Gasteiger partial charge < -0.3 is 19.7 Å². The Labute approximate surface area is 155 Å². The third kappa shape index (κ3) is 4.54. The van der Waals surface area contributed by atoms with Gasteiger partial charge in [-0.25, -0.2) is 4.39 Å². The largest absolute Gasteiger partial charge is 0.382 e. The van der Waals surface area contributed by atoms with Gasteiger partial charge >= 0.3 is 0 Å². The first-order valence-corrected chi connectivity index (χ1v) is 9.46. The van der Waals surface area contributed by atoms with Crippen LogP contribution in [0.3, 0.4) is 0 Å². The Hall–Kier alpha value is -1.66. The van der Waals surface area contributed by atoms with E-state index in [4.69, 9.17) is 9.47 Å². The molecule has 0 spiro atoms. The summed E-state index contributed by atoms with van der Waals surface area (Å²) in [6, 6.07) is 7.14. The van der Waals surface area contributed by atoms with Crippen molar-refractivity contribution < 1.29 is 13.9 Å². The number of aliphatic imine (C=N–C) groups is 1. The van der Waals surface area contributed by atoms with Crippen molar-refractivity contribution in [1.29, 1.82) is 0 Å². The summed E-state index contributed by atoms with van der Waals surface area (Å²) in [7, 11) is 3.50. The predicted molar refractivity (Wildman–Crippen MR) is 101 cm³/mol. The second-order valence-corrected chi connectivity index (χ2v) is 7.33. The second-order valence-electron chi connectivity index (χ2n) is 7.33. The normalized spacial score (nSPS) is 21.9. The minimum absolute atomic E-state index is 0.0797. The molecule has 2 fully saturated rings. The minimum Gasteiger partial charge on any atom is -0.382 e. The van der Waals surface area contributed by atoms with E-state index in [0.29, 0.717) is 19.1 Å². The van der Waals surface area contributed by atoms with Gasteiger partial charge in [0.1, 0.15) is 5.82 Å². The van der Waals surface area contributed by atoms with Crippen LogP contribution in [0.4, 0.5) is 4.39 Å². The molecular weight excluding hydrogens is 333 g/mol. The van der Waals surface area contributed by atoms with Crippen molar-refractivity contribution >= 4 is 5.96 Å². The molecule has 1 aliphatic heterocycles. The number of methoxy groups -OCH3 is 1. The van der Waals surface area contributed by atoms with Crippen LogP contribution in [-0.2, 0) is 14.9 Å². The molecule has 3 rings (SSSR count). The fraction of sp³-hybridized carbons (Fsp3) is 0.650. The van der Waals surface area contributed by atoms with Crippen molar-refractivity contribution in [2.24, 2.45) is 10.9 Å². The van der Waals surface area contributed by atoms with E-state index in [0.717, 1.165) is 57.0 Å². The third-order valence-corrected chi connectivity index (χ3v) is 5.47. The number of likely N-dealkylation sites (tertiary alicyclic amines) is 1. The Morgan fingerprint density at radius 1 is 1.35 bits per heavy atom. The van der Waals surface area contributed by atoms with E-state index in [9.17, 15) is 4.39 Å². The van der Waals surface area contributed by atoms with Gasteiger partial charge in [-0.3, -0.25) is 4.99 Å². The lowest BCUT2D eigenvalue weighted by molar-refractivity contribution is 0.0536. The van der Waals surface area contributed by atoms with E-state index < -0.39 is 0 Å². The molecule has 1 N–H and O–H groups in total. The summed E-state index contributed by atoms with van der Waals surface area (Å²) in [5.74, 6) is 1.33. The summed E-state index contributed by atoms with van der Waals surface area (Å²) in [4.78, 5) is 6.72. The van der Waals surface area contributed by atoms with Crippen LogP contribution in [0.5, 0.6) is 0 Å². The van der Waals surface area contributed by atoms with Crippen LogP contribution in [0.25, 0.3) is 0 Å². The second kappa shape index (κ2) is 8.82. The molecule has 1 unspecified atom stereocenters. The minimum atomic E-state index is -0.101. The molecule has 6 heteroatoms. The summed E-state index contributed by atoms with van der Waals surface area (Å²) in [6.45, 7) is 4.69. The monoisotopic (exact) mass is 363 g/mol. The number of nitrogens with zero attached hydrogens (tertiary/aromatic N) is 2. The Morgan fingerprint density at radius 3 is 2.85 bits per heavy atom. The van der Waals surface area contributed by atoms with Crippen LogP contribution in [0.1, 0.15) is 24.8 Å². The lowest BCUT2D eigenvalue weighted by atomic mass is 9.95. The highest BCUT2D eigenvalue weighted by Crippen LogP contribution is 2.48. The maximum Gasteiger partial charge on any atom is 0.193 e. The molecule has 0 bridgehead atoms. The molecule has 0 radical (unpaired) electrons. The number of rotatable bonds is 8. The van der Waals surface area contributed by atoms with E-state index in [1.54, 1.807) is 19.2 Å². The third-order valence-electron chi connectivity index (χ3n) is 5.47. The Balaban J connectivity index is 1.49. The highest BCUT2D eigenvalue weighted by Gasteiger charge is 2.46. The molecule has 1 aliphatic carbocycles. The van der Waals surface area contributed by atoms with E-state index >= 15 is 0 Å². The van der Waals surface area contributed by atoms with Crippen molar-refractivity contribution in [2.45, 2.75) is 24.7 Å². The van der Waals surface area contributed by atoms with Crippen molar-refractivity contribution in [2.75, 3.05) is 53.6 Å². The quantitative estimate of drug-likeness (QED) is 0.438. The number of halogens is 1. The van der Waals surface area contributed by atoms with Crippen LogP contribution >= 0.6 is 0 Å². The summed E-state index contributed by atoms with van der Waals surface area (Å²) in [5.41, 5.74) is 0.748. The number of benzene rings is 1. The van der Waals surface area contributed by atoms with Gasteiger partial charge in [0.25, 0.3) is 0 Å². The molecule has 5 nitrogen and oxygen atoms in total. The molecule has 2 aliphatic rings. The summed E-state index contributed by atoms with van der Waals surface area (Å²) < 4.78 is 24.8. The SMILES string of the molecule is CN=C(NCC1(c2ccccc2F)CC1)N1CCC(COCCOC)C1. The molecule has 26 heavy (non-hydrogen) atoms. The van der Waals surface area contributed by atoms with E-state index in [1.807, 2.05) is 19.2 Å². The number of hydrogen-bond donors (Lipinski definition) is 1. The zero-order valence-corrected chi connectivity index (χ0v) is 15.8. The van der Waals surface area contributed by atoms with Crippen LogP contribution in [0.15, 0.2) is 29.3 Å². The van der Waals surface area contributed by atoms with Crippen molar-refractivity contribution in [3.8, 4) is 0 Å². The number of ether oxygens (including phenoxy) is 2. The zero-order chi connectivity index (χ0) is 18.4. The van der Waals surface area contributed by atoms with Gasteiger partial charge in [0.05, 0.1) is 19.8 Å². The van der Waals surface area contributed by atoms with Crippen LogP contribution < -0.4 is 5.32 Å². The zero-order valence-electron chi connectivity index (χ0n) is 15.8. The lowest BCUT2D eigenvalue weighted by Gasteiger charge is -2.25. The topological polar surface area (TPSA) is 46.1 Å². The van der Waals surface area contributed by atoms with Gasteiger partial charge in [-0.1, -0.05) is 18.2 Å². The molecule has 1 aromatic carbocycles. The van der Waals surface area contributed by atoms with Crippen molar-refractivity contribution in [1.82, 2.24) is 10.2 Å². The predicted octanol–water partition coefficient (Wildman–Crippen LogP) is 2.42. The molecule has 144 valence electrons. The van der Waals surface area contributed by atoms with Gasteiger partial charge in [-0.05, 0) is 30.9 Å². The molecule has 0 amide bonds. The average molecular weight is 363 g/mol. The van der Waals surface area contributed by atoms with E-state index in [1.165, 1.54) is 0 Å². The van der Waals surface area contributed by atoms with Gasteiger partial charge in [0.15, 0.2) is 5.96 Å². The summed E-state index contributed by atoms with van der Waals surface area (Å²) >= 11 is 0. The number of nitrogens with one attached hydrogen (secondary N) is 1. The Morgan fingerprint density at radius 2 is 2.15 bits per heavy atom. The standard InChI is InChI=1S/C20H30FN3O2/c1-22-19(24-10-7-16(13-24)14-26-12-11-25-2)23-15-20(8-9-20)17-5-3-4-6-18(17)21/h3-6,16H,7-15H2,1-2H3,(H,22,23). The first-order chi connectivity index (χ1) is 12.7. The van der Waals surface area contributed by atoms with E-state index in [2.05, 4.69) is 15.2 Å². The molecule has 1 saturated heterocycles. The smallest absolute Gasteiger partial charge is 0.193 e. The molecule has 1 heterocycles. The lowest BCUT2D eigenvalue weighted by Crippen LogP contribution is -2.43. The van der Waals surface area contributed by atoms with Gasteiger partial charge in [-0.15, -0.1) is 0 Å². The molecule has 1 aromatic rings. The van der Waals surface area contributed by atoms with Gasteiger partial charge in [0.2, 0.25) is 0 Å². The maximum atomic E-state index is 14.2. The fourth-order valence-electron chi connectivity index (χ4n) is 3.72. The van der Waals surface area contributed by atoms with Crippen molar-refractivity contribution in [3.05, 3.63) is 35.6 Å². The van der Waals surface area contributed by atoms with Crippen LogP contribution in [0.2, 0.25) is 0 Å². The Bertz CT molecular complexity index is 619. The first kappa shape index (κ1) is 19.1. The molecular formula is C20H30FN3O2. The average Bonchev–Trinajstić information content (AvgIpc) is 3.29. The molecule has 1 saturated carbocycles. The number of hydrogen-bond acceptors (Lipinski definition) is 3. The maximum absolute atomic E-state index is 14.2. The van der Waals surface area contributed by atoms with Gasteiger partial charge in [0, 0.05) is 45.1 Å². The summed E-state index contributed by atoms with van der Waals surface area (Å²) in [5, 5.41) is 3.49.